The lowest BCUT2D eigenvalue weighted by Crippen LogP contribution is -2.49. The highest BCUT2D eigenvalue weighted by Gasteiger charge is 2.25. The van der Waals surface area contributed by atoms with E-state index in [4.69, 9.17) is 14.2 Å². The summed E-state index contributed by atoms with van der Waals surface area (Å²) in [5.74, 6) is -3.18. The van der Waals surface area contributed by atoms with Crippen LogP contribution in [0.25, 0.3) is 21.9 Å². The highest BCUT2D eigenvalue weighted by atomic mass is 19.1. The summed E-state index contributed by atoms with van der Waals surface area (Å²) in [6, 6.07) is 4.21. The first-order valence-electron chi connectivity index (χ1n) is 13.1. The van der Waals surface area contributed by atoms with E-state index in [1.54, 1.807) is 38.8 Å². The summed E-state index contributed by atoms with van der Waals surface area (Å²) in [6.07, 6.45) is 0.113. The van der Waals surface area contributed by atoms with Crippen LogP contribution >= 0.6 is 0 Å². The average molecular weight is 587 g/mol. The zero-order valence-corrected chi connectivity index (χ0v) is 23.6. The van der Waals surface area contributed by atoms with E-state index in [2.05, 4.69) is 4.98 Å². The summed E-state index contributed by atoms with van der Waals surface area (Å²) in [7, 11) is 1.57. The third-order valence-electron chi connectivity index (χ3n) is 6.47. The third kappa shape index (κ3) is 6.93. The number of aromatic nitrogens is 2. The normalized spacial score (nSPS) is 13.7. The molecule has 0 bridgehead atoms. The fourth-order valence-corrected chi connectivity index (χ4v) is 4.50. The van der Waals surface area contributed by atoms with Crippen molar-refractivity contribution in [2.75, 3.05) is 37.9 Å². The van der Waals surface area contributed by atoms with Gasteiger partial charge in [-0.25, -0.2) is 19.0 Å². The molecule has 0 atom stereocenters. The molecule has 0 unspecified atom stereocenters. The second-order valence-electron chi connectivity index (χ2n) is 10.7. The summed E-state index contributed by atoms with van der Waals surface area (Å²) in [4.78, 5) is 67.6. The quantitative estimate of drug-likeness (QED) is 0.247. The van der Waals surface area contributed by atoms with Crippen molar-refractivity contribution in [2.45, 2.75) is 39.2 Å². The fraction of sp³-hybridized carbons (Fsp3) is 0.429. The number of hydrogen-bond acceptors (Lipinski definition) is 10. The van der Waals surface area contributed by atoms with Crippen LogP contribution < -0.4 is 10.3 Å². The van der Waals surface area contributed by atoms with Crippen molar-refractivity contribution in [3.8, 4) is 0 Å². The standard InChI is InChI=1S/C28H31FN4O9/c1-28(2,3)42-23(35)6-5-22(34)40-15-41-27(39)33-9-7-32(8-10-33)21-13-20-16(12-19(21)29)11-17-24(36)18(26(37)38)14-31(4)25(17)30-20/h11-14H,5-10,15H2,1-4H3,(H,37,38). The topological polar surface area (TPSA) is 158 Å². The molecule has 0 spiro atoms. The number of piperazine rings is 1. The Hall–Kier alpha value is -4.75. The number of benzene rings is 1. The van der Waals surface area contributed by atoms with Gasteiger partial charge in [-0.3, -0.25) is 14.4 Å². The number of amides is 1. The molecule has 0 radical (unpaired) electrons. The Morgan fingerprint density at radius 3 is 2.31 bits per heavy atom. The molecular weight excluding hydrogens is 555 g/mol. The van der Waals surface area contributed by atoms with Gasteiger partial charge in [0.15, 0.2) is 0 Å². The molecule has 13 nitrogen and oxygen atoms in total. The molecule has 1 saturated heterocycles. The molecule has 42 heavy (non-hydrogen) atoms. The van der Waals surface area contributed by atoms with Crippen LogP contribution in [0.1, 0.15) is 44.0 Å². The van der Waals surface area contributed by atoms with Gasteiger partial charge in [0.2, 0.25) is 12.2 Å². The minimum atomic E-state index is -1.36. The number of fused-ring (bicyclic) bond motifs is 2. The number of carboxylic acid groups (broad SMARTS) is 1. The smallest absolute Gasteiger partial charge is 0.412 e. The Morgan fingerprint density at radius 1 is 1.00 bits per heavy atom. The van der Waals surface area contributed by atoms with E-state index in [1.165, 1.54) is 27.8 Å². The molecule has 224 valence electrons. The largest absolute Gasteiger partial charge is 0.477 e. The summed E-state index contributed by atoms with van der Waals surface area (Å²) < 4.78 is 31.6. The molecule has 0 aliphatic carbocycles. The first-order valence-corrected chi connectivity index (χ1v) is 13.1. The minimum Gasteiger partial charge on any atom is -0.477 e. The van der Waals surface area contributed by atoms with Gasteiger partial charge in [0, 0.05) is 44.8 Å². The maximum Gasteiger partial charge on any atom is 0.412 e. The van der Waals surface area contributed by atoms with E-state index in [-0.39, 0.29) is 55.7 Å². The van der Waals surface area contributed by atoms with Crippen LogP contribution in [-0.2, 0) is 30.8 Å². The van der Waals surface area contributed by atoms with Crippen LogP contribution in [0.15, 0.2) is 29.2 Å². The van der Waals surface area contributed by atoms with Crippen LogP contribution in [0.2, 0.25) is 0 Å². The molecule has 1 N–H and O–H groups in total. The number of carbonyl (C=O) groups excluding carboxylic acids is 3. The molecule has 3 heterocycles. The summed E-state index contributed by atoms with van der Waals surface area (Å²) >= 11 is 0. The summed E-state index contributed by atoms with van der Waals surface area (Å²) in [5.41, 5.74) is -0.846. The Morgan fingerprint density at radius 2 is 1.67 bits per heavy atom. The van der Waals surface area contributed by atoms with Crippen LogP contribution in [0.3, 0.4) is 0 Å². The predicted octanol–water partition coefficient (Wildman–Crippen LogP) is 2.81. The number of aryl methyl sites for hydroxylation is 1. The van der Waals surface area contributed by atoms with Gasteiger partial charge in [-0.2, -0.15) is 0 Å². The first-order chi connectivity index (χ1) is 19.7. The third-order valence-corrected chi connectivity index (χ3v) is 6.47. The monoisotopic (exact) mass is 586 g/mol. The van der Waals surface area contributed by atoms with Crippen molar-refractivity contribution in [3.63, 3.8) is 0 Å². The van der Waals surface area contributed by atoms with E-state index < -0.39 is 53.2 Å². The molecule has 1 amide bonds. The van der Waals surface area contributed by atoms with Gasteiger partial charge in [0.25, 0.3) is 0 Å². The van der Waals surface area contributed by atoms with Gasteiger partial charge >= 0.3 is 24.0 Å². The maximum absolute atomic E-state index is 15.2. The van der Waals surface area contributed by atoms with Crippen LogP contribution in [-0.4, -0.2) is 82.1 Å². The fourth-order valence-electron chi connectivity index (χ4n) is 4.50. The number of anilines is 1. The van der Waals surface area contributed by atoms with Gasteiger partial charge in [-0.1, -0.05) is 0 Å². The number of carbonyl (C=O) groups is 4. The summed E-state index contributed by atoms with van der Waals surface area (Å²) in [5, 5.41) is 9.71. The maximum atomic E-state index is 15.2. The molecule has 1 fully saturated rings. The molecule has 2 aromatic heterocycles. The van der Waals surface area contributed by atoms with Gasteiger partial charge in [-0.15, -0.1) is 0 Å². The van der Waals surface area contributed by atoms with Crippen molar-refractivity contribution in [3.05, 3.63) is 46.0 Å². The minimum absolute atomic E-state index is 0.0675. The lowest BCUT2D eigenvalue weighted by molar-refractivity contribution is -0.160. The number of rotatable bonds is 7. The Kier molecular flexibility index (Phi) is 8.64. The number of ether oxygens (including phenoxy) is 3. The van der Waals surface area contributed by atoms with Crippen molar-refractivity contribution >= 4 is 51.6 Å². The lowest BCUT2D eigenvalue weighted by atomic mass is 10.1. The molecule has 3 aromatic rings. The molecule has 1 aliphatic rings. The molecule has 1 aliphatic heterocycles. The van der Waals surface area contributed by atoms with Gasteiger partial charge in [0.1, 0.15) is 22.6 Å². The molecule has 1 aromatic carbocycles. The zero-order chi connectivity index (χ0) is 30.8. The number of halogens is 1. The number of nitrogens with zero attached hydrogens (tertiary/aromatic N) is 4. The Bertz CT molecular complexity index is 1620. The number of pyridine rings is 2. The molecular formula is C28H31FN4O9. The number of hydrogen-bond donors (Lipinski definition) is 1. The number of esters is 2. The Labute approximate surface area is 239 Å². The molecule has 4 rings (SSSR count). The van der Waals surface area contributed by atoms with Crippen LogP contribution in [0.5, 0.6) is 0 Å². The molecule has 0 saturated carbocycles. The zero-order valence-electron chi connectivity index (χ0n) is 23.6. The van der Waals surface area contributed by atoms with Gasteiger partial charge in [-0.05, 0) is 39.0 Å². The van der Waals surface area contributed by atoms with Gasteiger partial charge in [0.05, 0.1) is 29.4 Å². The van der Waals surface area contributed by atoms with Crippen molar-refractivity contribution in [1.82, 2.24) is 14.5 Å². The van der Waals surface area contributed by atoms with E-state index >= 15 is 4.39 Å². The van der Waals surface area contributed by atoms with Crippen LogP contribution in [0, 0.1) is 5.82 Å². The second kappa shape index (κ2) is 12.0. The van der Waals surface area contributed by atoms with E-state index in [1.807, 2.05) is 0 Å². The highest BCUT2D eigenvalue weighted by molar-refractivity contribution is 5.96. The van der Waals surface area contributed by atoms with Crippen molar-refractivity contribution in [2.24, 2.45) is 7.05 Å². The van der Waals surface area contributed by atoms with E-state index in [9.17, 15) is 29.1 Å². The molecule has 14 heteroatoms. The van der Waals surface area contributed by atoms with E-state index in [0.29, 0.717) is 10.9 Å². The predicted molar refractivity (Wildman–Crippen MR) is 148 cm³/mol. The SMILES string of the molecule is Cn1cc(C(=O)O)c(=O)c2cc3cc(F)c(N4CCN(C(=O)OCOC(=O)CCC(=O)OC(C)(C)C)CC4)cc3nc21. The van der Waals surface area contributed by atoms with Crippen molar-refractivity contribution < 1.29 is 42.9 Å². The second-order valence-corrected chi connectivity index (χ2v) is 10.7. The van der Waals surface area contributed by atoms with Crippen molar-refractivity contribution in [1.29, 1.82) is 0 Å². The summed E-state index contributed by atoms with van der Waals surface area (Å²) in [6.45, 7) is 5.51. The van der Waals surface area contributed by atoms with Gasteiger partial charge < -0.3 is 33.7 Å². The number of aromatic carboxylic acids is 1. The van der Waals surface area contributed by atoms with Crippen LogP contribution in [0.4, 0.5) is 14.9 Å². The first kappa shape index (κ1) is 30.2. The Balaban J connectivity index is 1.34. The van der Waals surface area contributed by atoms with E-state index in [0.717, 1.165) is 0 Å². The highest BCUT2D eigenvalue weighted by Crippen LogP contribution is 2.28. The number of carboxylic acids is 1. The average Bonchev–Trinajstić information content (AvgIpc) is 2.91. The lowest BCUT2D eigenvalue weighted by Gasteiger charge is -2.35.